The highest BCUT2D eigenvalue weighted by molar-refractivity contribution is 8.00. The molecule has 2 unspecified atom stereocenters. The normalized spacial score (nSPS) is 29.0. The van der Waals surface area contributed by atoms with Gasteiger partial charge in [0.25, 0.3) is 0 Å². The zero-order valence-corrected chi connectivity index (χ0v) is 13.7. The summed E-state index contributed by atoms with van der Waals surface area (Å²) in [6.45, 7) is 0.192. The number of fused-ring (bicyclic) bond motifs is 2. The number of alkyl carbamates (subject to hydrolysis) is 1. The third-order valence-electron chi connectivity index (χ3n) is 4.50. The first-order valence-electron chi connectivity index (χ1n) is 7.91. The molecule has 0 spiro atoms. The van der Waals surface area contributed by atoms with E-state index in [0.717, 1.165) is 18.4 Å². The predicted molar refractivity (Wildman–Crippen MR) is 88.4 cm³/mol. The smallest absolute Gasteiger partial charge is 0.407 e. The first kappa shape index (κ1) is 16.2. The van der Waals surface area contributed by atoms with Gasteiger partial charge in [0.05, 0.1) is 12.0 Å². The van der Waals surface area contributed by atoms with E-state index in [2.05, 4.69) is 5.32 Å². The zero-order valence-electron chi connectivity index (χ0n) is 12.9. The molecule has 2 bridgehead atoms. The predicted octanol–water partition coefficient (Wildman–Crippen LogP) is 3.18. The highest BCUT2D eigenvalue weighted by atomic mass is 32.2. The second-order valence-corrected chi connectivity index (χ2v) is 8.01. The largest absolute Gasteiger partial charge is 0.481 e. The van der Waals surface area contributed by atoms with Gasteiger partial charge in [-0.2, -0.15) is 11.8 Å². The average Bonchev–Trinajstić information content (AvgIpc) is 2.85. The van der Waals surface area contributed by atoms with Crippen LogP contribution in [0.25, 0.3) is 0 Å². The van der Waals surface area contributed by atoms with Crippen LogP contribution in [-0.4, -0.2) is 33.2 Å². The quantitative estimate of drug-likeness (QED) is 0.864. The molecule has 6 heteroatoms. The molecule has 1 amide bonds. The minimum absolute atomic E-state index is 0.0407. The summed E-state index contributed by atoms with van der Waals surface area (Å²) < 4.78 is 5.28. The van der Waals surface area contributed by atoms with Crippen LogP contribution in [0.1, 0.15) is 37.7 Å². The van der Waals surface area contributed by atoms with E-state index in [1.807, 2.05) is 42.1 Å². The Morgan fingerprint density at radius 2 is 1.87 bits per heavy atom. The van der Waals surface area contributed by atoms with Crippen molar-refractivity contribution in [3.05, 3.63) is 35.9 Å². The van der Waals surface area contributed by atoms with Crippen LogP contribution >= 0.6 is 11.8 Å². The molecule has 2 fully saturated rings. The molecule has 124 valence electrons. The molecular weight excluding hydrogens is 314 g/mol. The summed E-state index contributed by atoms with van der Waals surface area (Å²) in [4.78, 5) is 23.4. The topological polar surface area (TPSA) is 75.6 Å². The van der Waals surface area contributed by atoms with Gasteiger partial charge < -0.3 is 15.2 Å². The number of nitrogens with one attached hydrogen (secondary N) is 1. The van der Waals surface area contributed by atoms with Crippen molar-refractivity contribution in [3.63, 3.8) is 0 Å². The van der Waals surface area contributed by atoms with Gasteiger partial charge in [-0.1, -0.05) is 30.3 Å². The molecule has 2 atom stereocenters. The average molecular weight is 335 g/mol. The first-order chi connectivity index (χ1) is 11.0. The van der Waals surface area contributed by atoms with Crippen molar-refractivity contribution in [1.82, 2.24) is 5.32 Å². The molecule has 2 N–H and O–H groups in total. The first-order valence-corrected chi connectivity index (χ1v) is 8.85. The van der Waals surface area contributed by atoms with Crippen molar-refractivity contribution in [2.24, 2.45) is 0 Å². The van der Waals surface area contributed by atoms with E-state index < -0.39 is 17.6 Å². The van der Waals surface area contributed by atoms with Gasteiger partial charge in [-0.3, -0.25) is 4.79 Å². The maximum atomic E-state index is 12.2. The Morgan fingerprint density at radius 3 is 2.48 bits per heavy atom. The molecule has 0 aromatic heterocycles. The number of aliphatic carboxylic acids is 1. The molecule has 3 rings (SSSR count). The van der Waals surface area contributed by atoms with Crippen LogP contribution in [0.5, 0.6) is 0 Å². The molecule has 5 nitrogen and oxygen atoms in total. The van der Waals surface area contributed by atoms with Gasteiger partial charge in [-0.15, -0.1) is 0 Å². The fraction of sp³-hybridized carbons (Fsp3) is 0.529. The van der Waals surface area contributed by atoms with Crippen LogP contribution in [0.15, 0.2) is 30.3 Å². The number of hydrogen-bond donors (Lipinski definition) is 2. The molecule has 2 aliphatic heterocycles. The fourth-order valence-corrected chi connectivity index (χ4v) is 5.51. The van der Waals surface area contributed by atoms with Crippen LogP contribution in [0.4, 0.5) is 4.79 Å². The summed E-state index contributed by atoms with van der Waals surface area (Å²) in [5.74, 6) is -0.875. The summed E-state index contributed by atoms with van der Waals surface area (Å²) in [5.41, 5.74) is 0.241. The third kappa shape index (κ3) is 4.19. The number of rotatable bonds is 5. The minimum Gasteiger partial charge on any atom is -0.481 e. The van der Waals surface area contributed by atoms with E-state index >= 15 is 0 Å². The molecule has 1 aromatic rings. The Bertz CT molecular complexity index is 565. The van der Waals surface area contributed by atoms with Gasteiger partial charge in [0, 0.05) is 10.5 Å². The fourth-order valence-electron chi connectivity index (χ4n) is 3.59. The van der Waals surface area contributed by atoms with E-state index in [0.29, 0.717) is 23.3 Å². The number of carbonyl (C=O) groups is 2. The van der Waals surface area contributed by atoms with Crippen molar-refractivity contribution >= 4 is 23.8 Å². The van der Waals surface area contributed by atoms with E-state index in [-0.39, 0.29) is 13.0 Å². The Hall–Kier alpha value is -1.69. The molecule has 2 aliphatic rings. The summed E-state index contributed by atoms with van der Waals surface area (Å²) >= 11 is 1.93. The van der Waals surface area contributed by atoms with Crippen LogP contribution in [0.3, 0.4) is 0 Å². The summed E-state index contributed by atoms with van der Waals surface area (Å²) in [5, 5.41) is 13.0. The lowest BCUT2D eigenvalue weighted by Crippen LogP contribution is -2.53. The van der Waals surface area contributed by atoms with Crippen molar-refractivity contribution in [2.75, 3.05) is 0 Å². The Kier molecular flexibility index (Phi) is 4.80. The zero-order chi connectivity index (χ0) is 16.3. The lowest BCUT2D eigenvalue weighted by atomic mass is 9.86. The number of carboxylic acids is 1. The van der Waals surface area contributed by atoms with E-state index in [9.17, 15) is 14.7 Å². The van der Waals surface area contributed by atoms with Crippen LogP contribution in [0.2, 0.25) is 0 Å². The minimum atomic E-state index is -0.875. The molecule has 0 aliphatic carbocycles. The van der Waals surface area contributed by atoms with E-state index in [1.54, 1.807) is 0 Å². The second-order valence-electron chi connectivity index (χ2n) is 6.40. The highest BCUT2D eigenvalue weighted by Gasteiger charge is 2.46. The SMILES string of the molecule is O=C(O)CC1(NC(=O)OCc2ccccc2)CC2CCC(C1)S2. The highest BCUT2D eigenvalue weighted by Crippen LogP contribution is 2.48. The van der Waals surface area contributed by atoms with E-state index in [4.69, 9.17) is 4.74 Å². The monoisotopic (exact) mass is 335 g/mol. The number of ether oxygens (including phenoxy) is 1. The molecule has 23 heavy (non-hydrogen) atoms. The second kappa shape index (κ2) is 6.83. The van der Waals surface area contributed by atoms with Gasteiger partial charge in [0.2, 0.25) is 0 Å². The number of amides is 1. The van der Waals surface area contributed by atoms with Gasteiger partial charge in [-0.25, -0.2) is 4.79 Å². The van der Waals surface area contributed by atoms with Crippen molar-refractivity contribution in [3.8, 4) is 0 Å². The maximum Gasteiger partial charge on any atom is 0.407 e. The molecule has 2 saturated heterocycles. The van der Waals surface area contributed by atoms with Crippen LogP contribution in [0, 0.1) is 0 Å². The Labute approximate surface area is 139 Å². The standard InChI is InChI=1S/C17H21NO4S/c19-15(20)10-17(8-13-6-7-14(9-17)23-13)18-16(21)22-11-12-4-2-1-3-5-12/h1-5,13-14H,6-11H2,(H,18,21)(H,19,20). The molecular formula is C17H21NO4S. The van der Waals surface area contributed by atoms with Crippen molar-refractivity contribution < 1.29 is 19.4 Å². The van der Waals surface area contributed by atoms with Crippen LogP contribution < -0.4 is 5.32 Å². The lowest BCUT2D eigenvalue weighted by Gasteiger charge is -2.39. The van der Waals surface area contributed by atoms with Crippen LogP contribution in [-0.2, 0) is 16.1 Å². The third-order valence-corrected chi connectivity index (χ3v) is 6.08. The molecule has 0 radical (unpaired) electrons. The van der Waals surface area contributed by atoms with Gasteiger partial charge in [0.15, 0.2) is 0 Å². The van der Waals surface area contributed by atoms with Crippen molar-refractivity contribution in [1.29, 1.82) is 0 Å². The van der Waals surface area contributed by atoms with E-state index in [1.165, 1.54) is 0 Å². The van der Waals surface area contributed by atoms with Crippen molar-refractivity contribution in [2.45, 2.75) is 54.7 Å². The summed E-state index contributed by atoms with van der Waals surface area (Å²) in [6.07, 6.45) is 3.07. The van der Waals surface area contributed by atoms with Gasteiger partial charge in [0.1, 0.15) is 6.61 Å². The van der Waals surface area contributed by atoms with Gasteiger partial charge >= 0.3 is 12.1 Å². The maximum absolute atomic E-state index is 12.2. The molecule has 1 aromatic carbocycles. The summed E-state index contributed by atoms with van der Waals surface area (Å²) in [6, 6.07) is 9.45. The van der Waals surface area contributed by atoms with Gasteiger partial charge in [-0.05, 0) is 31.2 Å². The number of thioether (sulfide) groups is 1. The Balaban J connectivity index is 1.62. The number of carbonyl (C=O) groups excluding carboxylic acids is 1. The number of hydrogen-bond acceptors (Lipinski definition) is 4. The molecule has 2 heterocycles. The summed E-state index contributed by atoms with van der Waals surface area (Å²) in [7, 11) is 0. The Morgan fingerprint density at radius 1 is 1.22 bits per heavy atom. The number of carboxylic acid groups (broad SMARTS) is 1. The molecule has 0 saturated carbocycles. The number of benzene rings is 1. The lowest BCUT2D eigenvalue weighted by molar-refractivity contribution is -0.138.